The van der Waals surface area contributed by atoms with Crippen LogP contribution in [-0.2, 0) is 15.8 Å². The quantitative estimate of drug-likeness (QED) is 0.863. The summed E-state index contributed by atoms with van der Waals surface area (Å²) in [6.07, 6.45) is 0. The number of hydrogen-bond acceptors (Lipinski definition) is 6. The highest BCUT2D eigenvalue weighted by Crippen LogP contribution is 2.13. The maximum Gasteiger partial charge on any atom is 0.240 e. The lowest BCUT2D eigenvalue weighted by Crippen LogP contribution is -2.17. The second-order valence-electron chi connectivity index (χ2n) is 3.95. The van der Waals surface area contributed by atoms with E-state index in [0.29, 0.717) is 17.1 Å². The Morgan fingerprint density at radius 1 is 1.32 bits per heavy atom. The minimum atomic E-state index is -3.66. The number of aryl methyl sites for hydroxylation is 2. The van der Waals surface area contributed by atoms with Crippen LogP contribution in [0.3, 0.4) is 0 Å². The lowest BCUT2D eigenvalue weighted by atomic mass is 10.4. The van der Waals surface area contributed by atoms with Crippen LogP contribution >= 0.6 is 11.6 Å². The van der Waals surface area contributed by atoms with Crippen molar-refractivity contribution in [1.29, 1.82) is 0 Å². The van der Waals surface area contributed by atoms with Gasteiger partial charge in [0.2, 0.25) is 16.0 Å². The zero-order chi connectivity index (χ0) is 14.0. The molecule has 19 heavy (non-hydrogen) atoms. The summed E-state index contributed by atoms with van der Waals surface area (Å²) >= 11 is 5.73. The highest BCUT2D eigenvalue weighted by atomic mass is 35.5. The molecule has 0 spiro atoms. The first kappa shape index (κ1) is 13.8. The van der Waals surface area contributed by atoms with E-state index in [-0.39, 0.29) is 16.9 Å². The van der Waals surface area contributed by atoms with E-state index < -0.39 is 10.0 Å². The van der Waals surface area contributed by atoms with Crippen molar-refractivity contribution >= 4 is 27.6 Å². The van der Waals surface area contributed by atoms with Gasteiger partial charge >= 0.3 is 0 Å². The fraction of sp³-hybridized carbons (Fsp3) is 0.300. The number of rotatable bonds is 4. The molecule has 0 aliphatic rings. The zero-order valence-electron chi connectivity index (χ0n) is 10.2. The third kappa shape index (κ3) is 3.90. The molecular formula is C10H11ClN4O3S. The van der Waals surface area contributed by atoms with Gasteiger partial charge in [0.15, 0.2) is 0 Å². The summed E-state index contributed by atoms with van der Waals surface area (Å²) in [5.41, 5.74) is 0.874. The maximum absolute atomic E-state index is 11.9. The van der Waals surface area contributed by atoms with E-state index in [4.69, 9.17) is 16.1 Å². The molecule has 2 aromatic rings. The number of nitrogens with zero attached hydrogens (tertiary/aromatic N) is 3. The Hall–Kier alpha value is -1.67. The number of hydrogen-bond donors (Lipinski definition) is 1. The van der Waals surface area contributed by atoms with E-state index >= 15 is 0 Å². The first-order chi connectivity index (χ1) is 8.84. The summed E-state index contributed by atoms with van der Waals surface area (Å²) in [6, 6.07) is 3.07. The SMILES string of the molecule is Cc1cc(Cl)nc(NS(=O)(=O)Cc2cc(C)on2)n1. The second-order valence-corrected chi connectivity index (χ2v) is 6.06. The molecule has 1 N–H and O–H groups in total. The van der Waals surface area contributed by atoms with Crippen LogP contribution in [0.5, 0.6) is 0 Å². The van der Waals surface area contributed by atoms with Gasteiger partial charge in [-0.25, -0.2) is 18.4 Å². The Balaban J connectivity index is 2.16. The van der Waals surface area contributed by atoms with E-state index in [1.165, 1.54) is 6.07 Å². The maximum atomic E-state index is 11.9. The van der Waals surface area contributed by atoms with E-state index in [9.17, 15) is 8.42 Å². The normalized spacial score (nSPS) is 11.5. The van der Waals surface area contributed by atoms with Gasteiger partial charge in [0.05, 0.1) is 0 Å². The molecule has 102 valence electrons. The lowest BCUT2D eigenvalue weighted by Gasteiger charge is -2.05. The van der Waals surface area contributed by atoms with Gasteiger partial charge in [0.25, 0.3) is 0 Å². The third-order valence-electron chi connectivity index (χ3n) is 2.08. The van der Waals surface area contributed by atoms with E-state index in [1.54, 1.807) is 19.9 Å². The number of sulfonamides is 1. The van der Waals surface area contributed by atoms with Gasteiger partial charge in [-0.15, -0.1) is 0 Å². The van der Waals surface area contributed by atoms with Crippen LogP contribution in [0.15, 0.2) is 16.7 Å². The van der Waals surface area contributed by atoms with Gasteiger partial charge in [-0.05, 0) is 19.9 Å². The van der Waals surface area contributed by atoms with E-state index in [1.807, 2.05) is 0 Å². The molecule has 2 heterocycles. The Morgan fingerprint density at radius 2 is 2.05 bits per heavy atom. The predicted octanol–water partition coefficient (Wildman–Crippen LogP) is 1.68. The summed E-state index contributed by atoms with van der Waals surface area (Å²) in [5, 5.41) is 3.79. The Morgan fingerprint density at radius 3 is 2.63 bits per heavy atom. The Kier molecular flexibility index (Phi) is 3.72. The minimum absolute atomic E-state index is 0.0646. The minimum Gasteiger partial charge on any atom is -0.361 e. The molecule has 2 aromatic heterocycles. The highest BCUT2D eigenvalue weighted by molar-refractivity contribution is 7.91. The second kappa shape index (κ2) is 5.14. The molecule has 0 fully saturated rings. The molecule has 0 unspecified atom stereocenters. The van der Waals surface area contributed by atoms with Crippen LogP contribution in [-0.4, -0.2) is 23.5 Å². The van der Waals surface area contributed by atoms with Crippen LogP contribution < -0.4 is 4.72 Å². The predicted molar refractivity (Wildman–Crippen MR) is 69.3 cm³/mol. The standard InChI is InChI=1S/C10H11ClN4O3S/c1-6-3-9(11)13-10(12-6)15-19(16,17)5-8-4-7(2)18-14-8/h3-4H,5H2,1-2H3,(H,12,13,15). The fourth-order valence-electron chi connectivity index (χ4n) is 1.43. The van der Waals surface area contributed by atoms with Crippen molar-refractivity contribution in [2.45, 2.75) is 19.6 Å². The van der Waals surface area contributed by atoms with Gasteiger partial charge in [0.1, 0.15) is 22.4 Å². The van der Waals surface area contributed by atoms with E-state index in [2.05, 4.69) is 19.8 Å². The molecule has 9 heteroatoms. The van der Waals surface area contributed by atoms with Crippen molar-refractivity contribution in [2.75, 3.05) is 4.72 Å². The molecule has 0 saturated heterocycles. The Labute approximate surface area is 115 Å². The summed E-state index contributed by atoms with van der Waals surface area (Å²) in [4.78, 5) is 7.72. The zero-order valence-corrected chi connectivity index (χ0v) is 11.8. The van der Waals surface area contributed by atoms with Crippen molar-refractivity contribution < 1.29 is 12.9 Å². The lowest BCUT2D eigenvalue weighted by molar-refractivity contribution is 0.392. The summed E-state index contributed by atoms with van der Waals surface area (Å²) in [7, 11) is -3.66. The van der Waals surface area contributed by atoms with Gasteiger partial charge in [-0.2, -0.15) is 0 Å². The Bertz CT molecular complexity index is 678. The van der Waals surface area contributed by atoms with Gasteiger partial charge < -0.3 is 4.52 Å². The van der Waals surface area contributed by atoms with E-state index in [0.717, 1.165) is 0 Å². The molecule has 0 saturated carbocycles. The van der Waals surface area contributed by atoms with Crippen molar-refractivity contribution in [1.82, 2.24) is 15.1 Å². The average Bonchev–Trinajstić information content (AvgIpc) is 2.60. The number of halogens is 1. The number of anilines is 1. The van der Waals surface area contributed by atoms with Crippen LogP contribution in [0.1, 0.15) is 17.1 Å². The molecule has 0 atom stereocenters. The molecule has 0 amide bonds. The fourth-order valence-corrected chi connectivity index (χ4v) is 2.64. The smallest absolute Gasteiger partial charge is 0.240 e. The molecule has 0 aliphatic heterocycles. The van der Waals surface area contributed by atoms with Crippen LogP contribution in [0.4, 0.5) is 5.95 Å². The summed E-state index contributed by atoms with van der Waals surface area (Å²) in [5.74, 6) is 0.157. The highest BCUT2D eigenvalue weighted by Gasteiger charge is 2.16. The molecule has 0 radical (unpaired) electrons. The number of nitrogens with one attached hydrogen (secondary N) is 1. The third-order valence-corrected chi connectivity index (χ3v) is 3.45. The molecule has 0 aromatic carbocycles. The molecule has 0 bridgehead atoms. The monoisotopic (exact) mass is 302 g/mol. The first-order valence-electron chi connectivity index (χ1n) is 5.28. The van der Waals surface area contributed by atoms with Crippen molar-refractivity contribution in [2.24, 2.45) is 0 Å². The molecule has 0 aliphatic carbocycles. The molecule has 2 rings (SSSR count). The largest absolute Gasteiger partial charge is 0.361 e. The number of aromatic nitrogens is 3. The van der Waals surface area contributed by atoms with Gasteiger partial charge in [0, 0.05) is 11.8 Å². The van der Waals surface area contributed by atoms with Crippen LogP contribution in [0.2, 0.25) is 5.15 Å². The average molecular weight is 303 g/mol. The van der Waals surface area contributed by atoms with Gasteiger partial charge in [-0.1, -0.05) is 16.8 Å². The van der Waals surface area contributed by atoms with Crippen molar-refractivity contribution in [3.05, 3.63) is 34.4 Å². The topological polar surface area (TPSA) is 98.0 Å². The summed E-state index contributed by atoms with van der Waals surface area (Å²) < 4.78 is 30.8. The van der Waals surface area contributed by atoms with Gasteiger partial charge in [-0.3, -0.25) is 4.72 Å². The van der Waals surface area contributed by atoms with Crippen molar-refractivity contribution in [3.63, 3.8) is 0 Å². The molecular weight excluding hydrogens is 292 g/mol. The van der Waals surface area contributed by atoms with Crippen LogP contribution in [0, 0.1) is 13.8 Å². The first-order valence-corrected chi connectivity index (χ1v) is 7.31. The summed E-state index contributed by atoms with van der Waals surface area (Å²) in [6.45, 7) is 3.37. The van der Waals surface area contributed by atoms with Crippen molar-refractivity contribution in [3.8, 4) is 0 Å². The van der Waals surface area contributed by atoms with Crippen LogP contribution in [0.25, 0.3) is 0 Å². The molecule has 7 nitrogen and oxygen atoms in total.